The first-order chi connectivity index (χ1) is 8.20. The maximum absolute atomic E-state index is 6.21. The summed E-state index contributed by atoms with van der Waals surface area (Å²) in [6, 6.07) is 14.9. The van der Waals surface area contributed by atoms with E-state index in [4.69, 9.17) is 11.5 Å². The van der Waals surface area contributed by atoms with Crippen molar-refractivity contribution in [1.29, 1.82) is 0 Å². The lowest BCUT2D eigenvalue weighted by molar-refractivity contribution is 0.482. The van der Waals surface area contributed by atoms with Crippen LogP contribution in [0.1, 0.15) is 24.9 Å². The maximum atomic E-state index is 6.21. The van der Waals surface area contributed by atoms with Gasteiger partial charge in [0.1, 0.15) is 0 Å². The molecular formula is C15H20N2. The molecule has 17 heavy (non-hydrogen) atoms. The quantitative estimate of drug-likeness (QED) is 0.845. The van der Waals surface area contributed by atoms with Crippen LogP contribution in [0.5, 0.6) is 0 Å². The summed E-state index contributed by atoms with van der Waals surface area (Å²) in [5, 5.41) is 2.51. The Bertz CT molecular complexity index is 493. The highest BCUT2D eigenvalue weighted by Gasteiger charge is 2.10. The molecule has 0 aliphatic carbocycles. The molecule has 0 aromatic heterocycles. The average Bonchev–Trinajstić information content (AvgIpc) is 2.38. The Labute approximate surface area is 103 Å². The zero-order valence-electron chi connectivity index (χ0n) is 10.3. The van der Waals surface area contributed by atoms with E-state index >= 15 is 0 Å². The lowest BCUT2D eigenvalue weighted by atomic mass is 9.95. The van der Waals surface area contributed by atoms with E-state index in [1.807, 2.05) is 0 Å². The molecule has 2 atom stereocenters. The molecule has 0 radical (unpaired) electrons. The van der Waals surface area contributed by atoms with Crippen LogP contribution in [0.4, 0.5) is 0 Å². The number of benzene rings is 2. The smallest absolute Gasteiger partial charge is 0.0298 e. The monoisotopic (exact) mass is 228 g/mol. The van der Waals surface area contributed by atoms with E-state index in [0.29, 0.717) is 12.5 Å². The first kappa shape index (κ1) is 12.1. The van der Waals surface area contributed by atoms with Crippen LogP contribution in [0.25, 0.3) is 10.8 Å². The van der Waals surface area contributed by atoms with Crippen molar-refractivity contribution in [2.45, 2.75) is 19.4 Å². The molecule has 4 N–H and O–H groups in total. The van der Waals surface area contributed by atoms with E-state index in [2.05, 4.69) is 49.4 Å². The molecule has 2 unspecified atom stereocenters. The van der Waals surface area contributed by atoms with Crippen LogP contribution < -0.4 is 11.5 Å². The van der Waals surface area contributed by atoms with Crippen LogP contribution in [-0.4, -0.2) is 6.54 Å². The number of fused-ring (bicyclic) bond motifs is 1. The molecule has 0 amide bonds. The molecule has 0 aliphatic heterocycles. The lowest BCUT2D eigenvalue weighted by Crippen LogP contribution is -2.19. The molecule has 0 saturated heterocycles. The summed E-state index contributed by atoms with van der Waals surface area (Å²) in [7, 11) is 0. The van der Waals surface area contributed by atoms with Crippen molar-refractivity contribution in [1.82, 2.24) is 0 Å². The standard InChI is InChI=1S/C15H20N2/c1-11(10-16)8-15(17)14-7-6-12-4-2-3-5-13(12)9-14/h2-7,9,11,15H,8,10,16-17H2,1H3. The van der Waals surface area contributed by atoms with E-state index in [0.717, 1.165) is 6.42 Å². The van der Waals surface area contributed by atoms with Crippen molar-refractivity contribution < 1.29 is 0 Å². The zero-order valence-corrected chi connectivity index (χ0v) is 10.3. The fourth-order valence-corrected chi connectivity index (χ4v) is 2.10. The fourth-order valence-electron chi connectivity index (χ4n) is 2.10. The molecule has 2 heteroatoms. The zero-order chi connectivity index (χ0) is 12.3. The van der Waals surface area contributed by atoms with Gasteiger partial charge in [0.05, 0.1) is 0 Å². The summed E-state index contributed by atoms with van der Waals surface area (Å²) in [5.41, 5.74) is 13.0. The van der Waals surface area contributed by atoms with E-state index < -0.39 is 0 Å². The van der Waals surface area contributed by atoms with Gasteiger partial charge in [0.15, 0.2) is 0 Å². The minimum Gasteiger partial charge on any atom is -0.330 e. The van der Waals surface area contributed by atoms with Crippen LogP contribution in [0.3, 0.4) is 0 Å². The predicted molar refractivity (Wildman–Crippen MR) is 73.7 cm³/mol. The molecule has 0 saturated carbocycles. The Balaban J connectivity index is 2.23. The molecule has 90 valence electrons. The SMILES string of the molecule is CC(CN)CC(N)c1ccc2ccccc2c1. The lowest BCUT2D eigenvalue weighted by Gasteiger charge is -2.16. The van der Waals surface area contributed by atoms with Crippen molar-refractivity contribution in [3.63, 3.8) is 0 Å². The van der Waals surface area contributed by atoms with Gasteiger partial charge in [-0.2, -0.15) is 0 Å². The molecule has 2 nitrogen and oxygen atoms in total. The van der Waals surface area contributed by atoms with Crippen molar-refractivity contribution >= 4 is 10.8 Å². The van der Waals surface area contributed by atoms with Gasteiger partial charge in [0.25, 0.3) is 0 Å². The fraction of sp³-hybridized carbons (Fsp3) is 0.333. The van der Waals surface area contributed by atoms with Crippen LogP contribution in [0.2, 0.25) is 0 Å². The Kier molecular flexibility index (Phi) is 3.77. The summed E-state index contributed by atoms with van der Waals surface area (Å²) in [6.45, 7) is 2.84. The Morgan fingerprint density at radius 3 is 2.47 bits per heavy atom. The normalized spacial score (nSPS) is 14.8. The van der Waals surface area contributed by atoms with Gasteiger partial charge in [0.2, 0.25) is 0 Å². The summed E-state index contributed by atoms with van der Waals surface area (Å²) in [6.07, 6.45) is 0.939. The second kappa shape index (κ2) is 5.30. The topological polar surface area (TPSA) is 52.0 Å². The average molecular weight is 228 g/mol. The highest BCUT2D eigenvalue weighted by Crippen LogP contribution is 2.23. The van der Waals surface area contributed by atoms with Crippen molar-refractivity contribution in [2.75, 3.05) is 6.54 Å². The molecular weight excluding hydrogens is 208 g/mol. The van der Waals surface area contributed by atoms with E-state index in [9.17, 15) is 0 Å². The molecule has 0 heterocycles. The van der Waals surface area contributed by atoms with Crippen LogP contribution in [-0.2, 0) is 0 Å². The Morgan fingerprint density at radius 2 is 1.76 bits per heavy atom. The third kappa shape index (κ3) is 2.84. The van der Waals surface area contributed by atoms with Gasteiger partial charge in [-0.05, 0) is 41.3 Å². The number of rotatable bonds is 4. The van der Waals surface area contributed by atoms with Gasteiger partial charge < -0.3 is 11.5 Å². The summed E-state index contributed by atoms with van der Waals surface area (Å²) < 4.78 is 0. The summed E-state index contributed by atoms with van der Waals surface area (Å²) in [4.78, 5) is 0. The van der Waals surface area contributed by atoms with Gasteiger partial charge in [-0.25, -0.2) is 0 Å². The first-order valence-electron chi connectivity index (χ1n) is 6.15. The van der Waals surface area contributed by atoms with Crippen LogP contribution in [0.15, 0.2) is 42.5 Å². The largest absolute Gasteiger partial charge is 0.330 e. The summed E-state index contributed by atoms with van der Waals surface area (Å²) in [5.74, 6) is 0.469. The van der Waals surface area contributed by atoms with Gasteiger partial charge in [0, 0.05) is 6.04 Å². The highest BCUT2D eigenvalue weighted by atomic mass is 14.6. The van der Waals surface area contributed by atoms with E-state index in [-0.39, 0.29) is 6.04 Å². The van der Waals surface area contributed by atoms with Crippen LogP contribution >= 0.6 is 0 Å². The Hall–Kier alpha value is -1.38. The number of hydrogen-bond acceptors (Lipinski definition) is 2. The maximum Gasteiger partial charge on any atom is 0.0298 e. The Morgan fingerprint density at radius 1 is 1.06 bits per heavy atom. The molecule has 2 aromatic carbocycles. The van der Waals surface area contributed by atoms with Gasteiger partial charge in [-0.1, -0.05) is 43.3 Å². The second-order valence-corrected chi connectivity index (χ2v) is 4.79. The molecule has 0 spiro atoms. The molecule has 2 aromatic rings. The molecule has 0 aliphatic rings. The van der Waals surface area contributed by atoms with Gasteiger partial charge >= 0.3 is 0 Å². The van der Waals surface area contributed by atoms with Crippen molar-refractivity contribution in [2.24, 2.45) is 17.4 Å². The van der Waals surface area contributed by atoms with Gasteiger partial charge in [-0.15, -0.1) is 0 Å². The van der Waals surface area contributed by atoms with E-state index in [1.165, 1.54) is 16.3 Å². The molecule has 2 rings (SSSR count). The number of nitrogens with two attached hydrogens (primary N) is 2. The second-order valence-electron chi connectivity index (χ2n) is 4.79. The molecule has 0 fully saturated rings. The minimum atomic E-state index is 0.0816. The molecule has 0 bridgehead atoms. The third-order valence-corrected chi connectivity index (χ3v) is 3.26. The van der Waals surface area contributed by atoms with Crippen LogP contribution in [0, 0.1) is 5.92 Å². The predicted octanol–water partition coefficient (Wildman–Crippen LogP) is 2.82. The van der Waals surface area contributed by atoms with Crippen molar-refractivity contribution in [3.8, 4) is 0 Å². The van der Waals surface area contributed by atoms with Crippen molar-refractivity contribution in [3.05, 3.63) is 48.0 Å². The highest BCUT2D eigenvalue weighted by molar-refractivity contribution is 5.83. The third-order valence-electron chi connectivity index (χ3n) is 3.26. The minimum absolute atomic E-state index is 0.0816. The van der Waals surface area contributed by atoms with E-state index in [1.54, 1.807) is 0 Å². The number of hydrogen-bond donors (Lipinski definition) is 2. The first-order valence-corrected chi connectivity index (χ1v) is 6.15. The van der Waals surface area contributed by atoms with Gasteiger partial charge in [-0.3, -0.25) is 0 Å². The summed E-state index contributed by atoms with van der Waals surface area (Å²) >= 11 is 0.